The molecule has 6 nitrogen and oxygen atoms in total. The van der Waals surface area contributed by atoms with Gasteiger partial charge >= 0.3 is 0 Å². The summed E-state index contributed by atoms with van der Waals surface area (Å²) in [7, 11) is 1.63. The molecule has 2 aromatic rings. The summed E-state index contributed by atoms with van der Waals surface area (Å²) >= 11 is 0. The van der Waals surface area contributed by atoms with Gasteiger partial charge in [0.15, 0.2) is 0 Å². The smallest absolute Gasteiger partial charge is 0.251 e. The van der Waals surface area contributed by atoms with E-state index in [9.17, 15) is 9.59 Å². The molecule has 2 amide bonds. The van der Waals surface area contributed by atoms with Gasteiger partial charge in [-0.25, -0.2) is 0 Å². The number of nitrogens with zero attached hydrogens (tertiary/aromatic N) is 1. The molecule has 0 unspecified atom stereocenters. The minimum Gasteiger partial charge on any atom is -0.381 e. The number of hydrogen-bond donors (Lipinski definition) is 2. The van der Waals surface area contributed by atoms with E-state index in [2.05, 4.69) is 42.7 Å². The number of amides is 2. The summed E-state index contributed by atoms with van der Waals surface area (Å²) in [6.07, 6.45) is 2.06. The lowest BCUT2D eigenvalue weighted by atomic mass is 9.80. The van der Waals surface area contributed by atoms with Crippen LogP contribution < -0.4 is 15.5 Å². The Morgan fingerprint density at radius 3 is 2.34 bits per heavy atom. The number of rotatable bonds is 4. The number of ether oxygens (including phenoxy) is 1. The zero-order valence-electron chi connectivity index (χ0n) is 19.4. The molecule has 6 heteroatoms. The molecule has 2 aliphatic heterocycles. The van der Waals surface area contributed by atoms with Crippen LogP contribution in [0.15, 0.2) is 42.5 Å². The highest BCUT2D eigenvalue weighted by molar-refractivity contribution is 5.95. The zero-order chi connectivity index (χ0) is 22.8. The van der Waals surface area contributed by atoms with Crippen molar-refractivity contribution >= 4 is 23.2 Å². The molecule has 0 saturated carbocycles. The molecule has 2 N–H and O–H groups in total. The lowest BCUT2D eigenvalue weighted by Crippen LogP contribution is -2.48. The van der Waals surface area contributed by atoms with Crippen LogP contribution in [0.25, 0.3) is 0 Å². The number of benzene rings is 2. The Balaban J connectivity index is 1.70. The van der Waals surface area contributed by atoms with Gasteiger partial charge in [0.05, 0.1) is 6.04 Å². The normalized spacial score (nSPS) is 23.4. The topological polar surface area (TPSA) is 70.7 Å². The minimum absolute atomic E-state index is 0.0567. The van der Waals surface area contributed by atoms with Crippen LogP contribution in [0, 0.1) is 5.92 Å². The molecule has 2 aromatic carbocycles. The van der Waals surface area contributed by atoms with Crippen molar-refractivity contribution in [3.63, 3.8) is 0 Å². The maximum Gasteiger partial charge on any atom is 0.251 e. The third-order valence-electron chi connectivity index (χ3n) is 7.07. The quantitative estimate of drug-likeness (QED) is 0.743. The molecule has 0 aliphatic carbocycles. The lowest BCUT2D eigenvalue weighted by molar-refractivity contribution is -0.117. The van der Waals surface area contributed by atoms with Gasteiger partial charge < -0.3 is 20.3 Å². The first-order valence-corrected chi connectivity index (χ1v) is 11.5. The van der Waals surface area contributed by atoms with E-state index in [1.165, 1.54) is 5.56 Å². The third kappa shape index (κ3) is 4.24. The Hall–Kier alpha value is -2.86. The maximum absolute atomic E-state index is 12.6. The van der Waals surface area contributed by atoms with Crippen molar-refractivity contribution in [1.29, 1.82) is 0 Å². The van der Waals surface area contributed by atoms with Crippen molar-refractivity contribution in [3.05, 3.63) is 59.2 Å². The second-order valence-electron chi connectivity index (χ2n) is 8.97. The summed E-state index contributed by atoms with van der Waals surface area (Å²) in [6, 6.07) is 14.3. The van der Waals surface area contributed by atoms with Crippen molar-refractivity contribution in [2.24, 2.45) is 5.92 Å². The molecule has 3 atom stereocenters. The summed E-state index contributed by atoms with van der Waals surface area (Å²) in [5.41, 5.74) is 5.05. The van der Waals surface area contributed by atoms with Gasteiger partial charge in [0.25, 0.3) is 5.91 Å². The van der Waals surface area contributed by atoms with E-state index in [1.807, 2.05) is 29.2 Å². The van der Waals surface area contributed by atoms with Crippen molar-refractivity contribution in [2.45, 2.75) is 51.6 Å². The minimum atomic E-state index is -0.0974. The second kappa shape index (κ2) is 9.33. The number of carbonyl (C=O) groups is 2. The highest BCUT2D eigenvalue weighted by Gasteiger charge is 2.38. The molecule has 0 spiro atoms. The van der Waals surface area contributed by atoms with Gasteiger partial charge in [-0.3, -0.25) is 9.59 Å². The molecular weight excluding hydrogens is 402 g/mol. The Kier molecular flexibility index (Phi) is 6.51. The molecule has 4 rings (SSSR count). The first-order valence-electron chi connectivity index (χ1n) is 11.5. The Labute approximate surface area is 190 Å². The van der Waals surface area contributed by atoms with E-state index in [-0.39, 0.29) is 29.8 Å². The first kappa shape index (κ1) is 22.3. The van der Waals surface area contributed by atoms with Crippen LogP contribution >= 0.6 is 0 Å². The fourth-order valence-corrected chi connectivity index (χ4v) is 5.05. The number of anilines is 2. The van der Waals surface area contributed by atoms with Crippen molar-refractivity contribution in [2.75, 3.05) is 30.5 Å². The third-order valence-corrected chi connectivity index (χ3v) is 7.07. The molecular formula is C26H33N3O3. The van der Waals surface area contributed by atoms with Crippen LogP contribution in [0.4, 0.5) is 11.4 Å². The Bertz CT molecular complexity index is 982. The van der Waals surface area contributed by atoms with Crippen molar-refractivity contribution < 1.29 is 14.3 Å². The average Bonchev–Trinajstić information content (AvgIpc) is 2.82. The number of carbonyl (C=O) groups excluding carboxylic acids is 2. The zero-order valence-corrected chi connectivity index (χ0v) is 19.4. The molecule has 0 radical (unpaired) electrons. The van der Waals surface area contributed by atoms with E-state index < -0.39 is 0 Å². The van der Waals surface area contributed by atoms with Crippen molar-refractivity contribution in [1.82, 2.24) is 5.32 Å². The van der Waals surface area contributed by atoms with Gasteiger partial charge in [-0.05, 0) is 67.1 Å². The van der Waals surface area contributed by atoms with Gasteiger partial charge in [0.2, 0.25) is 5.91 Å². The summed E-state index contributed by atoms with van der Waals surface area (Å²) in [6.45, 7) is 7.55. The number of fused-ring (bicyclic) bond motifs is 1. The van der Waals surface area contributed by atoms with Crippen molar-refractivity contribution in [3.8, 4) is 0 Å². The van der Waals surface area contributed by atoms with Crippen LogP contribution in [0.1, 0.15) is 67.1 Å². The molecule has 0 aromatic heterocycles. The average molecular weight is 436 g/mol. The predicted molar refractivity (Wildman–Crippen MR) is 127 cm³/mol. The van der Waals surface area contributed by atoms with Crippen LogP contribution in [0.2, 0.25) is 0 Å². The first-order chi connectivity index (χ1) is 15.4. The molecule has 170 valence electrons. The molecule has 32 heavy (non-hydrogen) atoms. The molecule has 2 heterocycles. The van der Waals surface area contributed by atoms with Crippen LogP contribution in [0.3, 0.4) is 0 Å². The van der Waals surface area contributed by atoms with E-state index in [4.69, 9.17) is 4.74 Å². The molecule has 1 saturated heterocycles. The summed E-state index contributed by atoms with van der Waals surface area (Å²) in [4.78, 5) is 26.4. The van der Waals surface area contributed by atoms with Gasteiger partial charge in [0.1, 0.15) is 0 Å². The highest BCUT2D eigenvalue weighted by atomic mass is 16.5. The molecule has 1 fully saturated rings. The summed E-state index contributed by atoms with van der Waals surface area (Å²) < 4.78 is 5.55. The number of nitrogens with one attached hydrogen (secondary N) is 2. The van der Waals surface area contributed by atoms with E-state index >= 15 is 0 Å². The van der Waals surface area contributed by atoms with Gasteiger partial charge in [0, 0.05) is 56.1 Å². The standard InChI is InChI=1S/C26H33N3O3/c1-16-17(2)29(18(3)30)24-10-7-21(19-11-13-32-14-12-19)15-23(24)25(16)28-22-8-5-20(6-9-22)26(31)27-4/h5-10,15-17,19,25,28H,11-14H2,1-4H3,(H,27,31)/t16-,17-,25+/m0/s1. The SMILES string of the molecule is CNC(=O)c1ccc(N[C@H]2c3cc(C4CCOCC4)ccc3N(C(C)=O)[C@@H](C)[C@@H]2C)cc1. The van der Waals surface area contributed by atoms with Gasteiger partial charge in [-0.2, -0.15) is 0 Å². The van der Waals surface area contributed by atoms with Crippen LogP contribution in [-0.4, -0.2) is 38.1 Å². The Morgan fingerprint density at radius 2 is 1.72 bits per heavy atom. The van der Waals surface area contributed by atoms with E-state index in [0.29, 0.717) is 11.5 Å². The molecule has 0 bridgehead atoms. The fraction of sp³-hybridized carbons (Fsp3) is 0.462. The van der Waals surface area contributed by atoms with Crippen LogP contribution in [-0.2, 0) is 9.53 Å². The predicted octanol–water partition coefficient (Wildman–Crippen LogP) is 4.48. The largest absolute Gasteiger partial charge is 0.381 e. The van der Waals surface area contributed by atoms with Gasteiger partial charge in [-0.15, -0.1) is 0 Å². The number of hydrogen-bond acceptors (Lipinski definition) is 4. The van der Waals surface area contributed by atoms with E-state index in [1.54, 1.807) is 14.0 Å². The summed E-state index contributed by atoms with van der Waals surface area (Å²) in [5, 5.41) is 6.35. The Morgan fingerprint density at radius 1 is 1.03 bits per heavy atom. The summed E-state index contributed by atoms with van der Waals surface area (Å²) in [5.74, 6) is 0.662. The van der Waals surface area contributed by atoms with Gasteiger partial charge in [-0.1, -0.05) is 19.1 Å². The van der Waals surface area contributed by atoms with E-state index in [0.717, 1.165) is 43.0 Å². The lowest BCUT2D eigenvalue weighted by Gasteiger charge is -2.44. The fourth-order valence-electron chi connectivity index (χ4n) is 5.05. The molecule has 2 aliphatic rings. The highest BCUT2D eigenvalue weighted by Crippen LogP contribution is 2.44. The maximum atomic E-state index is 12.6. The monoisotopic (exact) mass is 435 g/mol. The second-order valence-corrected chi connectivity index (χ2v) is 8.97. The van der Waals surface area contributed by atoms with Crippen LogP contribution in [0.5, 0.6) is 0 Å².